The molecule has 4 aromatic rings. The first-order valence-electron chi connectivity index (χ1n) is 22.9. The van der Waals surface area contributed by atoms with E-state index in [0.29, 0.717) is 59.3 Å². The van der Waals surface area contributed by atoms with Gasteiger partial charge >= 0.3 is 11.9 Å². The average Bonchev–Trinajstić information content (AvgIpc) is 3.50. The van der Waals surface area contributed by atoms with E-state index in [1.165, 1.54) is 44.1 Å². The van der Waals surface area contributed by atoms with Gasteiger partial charge in [-0.2, -0.15) is 0 Å². The monoisotopic (exact) mass is 944 g/mol. The van der Waals surface area contributed by atoms with Crippen LogP contribution in [0, 0.1) is 5.92 Å². The van der Waals surface area contributed by atoms with Crippen molar-refractivity contribution in [2.24, 2.45) is 5.92 Å². The van der Waals surface area contributed by atoms with E-state index in [1.54, 1.807) is 57.4 Å². The molecular formula is C55H60O14. The lowest BCUT2D eigenvalue weighted by molar-refractivity contribution is -0.184. The Hall–Kier alpha value is -7.06. The number of carboxylic acid groups (broad SMARTS) is 2. The largest absolute Gasteiger partial charge is 0.506 e. The number of Topliss-reactive ketones (excluding diaryl/α,β-unsaturated/α-hetero) is 1. The van der Waals surface area contributed by atoms with Gasteiger partial charge in [0.15, 0.2) is 22.7 Å². The van der Waals surface area contributed by atoms with Gasteiger partial charge in [-0.25, -0.2) is 9.59 Å². The van der Waals surface area contributed by atoms with Crippen LogP contribution >= 0.6 is 0 Å². The van der Waals surface area contributed by atoms with Crippen LogP contribution in [0.1, 0.15) is 109 Å². The molecule has 3 aliphatic heterocycles. The molecular weight excluding hydrogens is 885 g/mol. The lowest BCUT2D eigenvalue weighted by Gasteiger charge is -2.50. The zero-order valence-electron chi connectivity index (χ0n) is 40.7. The third-order valence-corrected chi connectivity index (χ3v) is 13.5. The Morgan fingerprint density at radius 3 is 2.19 bits per heavy atom. The van der Waals surface area contributed by atoms with E-state index in [0.717, 1.165) is 17.6 Å². The molecule has 8 rings (SSSR count). The molecule has 14 heteroatoms. The highest BCUT2D eigenvalue weighted by Crippen LogP contribution is 2.64. The molecule has 4 unspecified atom stereocenters. The van der Waals surface area contributed by atoms with Crippen LogP contribution in [-0.4, -0.2) is 74.8 Å². The highest BCUT2D eigenvalue weighted by Gasteiger charge is 2.77. The summed E-state index contributed by atoms with van der Waals surface area (Å²) in [6.45, 7) is 14.9. The maximum absolute atomic E-state index is 14.7. The molecule has 4 aliphatic rings. The van der Waals surface area contributed by atoms with Crippen molar-refractivity contribution in [1.82, 2.24) is 0 Å². The fourth-order valence-corrected chi connectivity index (χ4v) is 9.99. The van der Waals surface area contributed by atoms with Crippen LogP contribution in [0.25, 0.3) is 28.2 Å². The molecule has 69 heavy (non-hydrogen) atoms. The zero-order valence-corrected chi connectivity index (χ0v) is 40.7. The number of aromatic hydroxyl groups is 2. The lowest BCUT2D eigenvalue weighted by atomic mass is 9.60. The third kappa shape index (κ3) is 8.71. The van der Waals surface area contributed by atoms with Gasteiger partial charge in [0.25, 0.3) is 0 Å². The number of hydrogen-bond acceptors (Lipinski definition) is 12. The summed E-state index contributed by atoms with van der Waals surface area (Å²) in [5.41, 5.74) is -1.47. The lowest BCUT2D eigenvalue weighted by Crippen LogP contribution is -2.66. The maximum atomic E-state index is 14.7. The molecule has 364 valence electrons. The minimum Gasteiger partial charge on any atom is -0.506 e. The summed E-state index contributed by atoms with van der Waals surface area (Å²) >= 11 is 0. The van der Waals surface area contributed by atoms with E-state index >= 15 is 0 Å². The van der Waals surface area contributed by atoms with Crippen LogP contribution in [-0.2, 0) is 20.7 Å². The number of ketones is 1. The van der Waals surface area contributed by atoms with Crippen LogP contribution in [0.2, 0.25) is 0 Å². The fraction of sp³-hybridized carbons (Fsp3) is 0.382. The second kappa shape index (κ2) is 18.8. The van der Waals surface area contributed by atoms with Gasteiger partial charge < -0.3 is 48.5 Å². The van der Waals surface area contributed by atoms with Crippen LogP contribution in [0.4, 0.5) is 0 Å². The van der Waals surface area contributed by atoms with E-state index in [4.69, 9.17) is 28.1 Å². The van der Waals surface area contributed by atoms with E-state index in [-0.39, 0.29) is 57.1 Å². The Labute approximate surface area is 400 Å². The van der Waals surface area contributed by atoms with E-state index in [9.17, 15) is 39.6 Å². The molecule has 4 atom stereocenters. The number of carbonyl (C=O) groups is 3. The number of rotatable bonds is 12. The Balaban J connectivity index is 0.000000265. The summed E-state index contributed by atoms with van der Waals surface area (Å²) in [7, 11) is 2.99. The number of hydrogen-bond donors (Lipinski definition) is 4. The van der Waals surface area contributed by atoms with Gasteiger partial charge in [0.1, 0.15) is 40.4 Å². The van der Waals surface area contributed by atoms with Crippen molar-refractivity contribution >= 4 is 34.8 Å². The summed E-state index contributed by atoms with van der Waals surface area (Å²) < 4.78 is 36.0. The molecule has 3 aromatic carbocycles. The van der Waals surface area contributed by atoms with Crippen molar-refractivity contribution in [3.63, 3.8) is 0 Å². The van der Waals surface area contributed by atoms with Crippen molar-refractivity contribution in [2.75, 3.05) is 14.2 Å². The quantitative estimate of drug-likeness (QED) is 0.0770. The molecule has 1 spiro atoms. The smallest absolute Gasteiger partial charge is 0.340 e. The van der Waals surface area contributed by atoms with Crippen molar-refractivity contribution in [3.8, 4) is 45.6 Å². The zero-order chi connectivity index (χ0) is 50.4. The van der Waals surface area contributed by atoms with Gasteiger partial charge in [0.2, 0.25) is 16.8 Å². The molecule has 1 aromatic heterocycles. The highest BCUT2D eigenvalue weighted by molar-refractivity contribution is 6.17. The number of carbonyl (C=O) groups excluding carboxylic acids is 1. The molecule has 1 fully saturated rings. The maximum Gasteiger partial charge on any atom is 0.340 e. The van der Waals surface area contributed by atoms with Crippen LogP contribution < -0.4 is 24.4 Å². The van der Waals surface area contributed by atoms with Gasteiger partial charge in [0, 0.05) is 29.0 Å². The Bertz CT molecular complexity index is 2960. The van der Waals surface area contributed by atoms with Crippen molar-refractivity contribution in [2.45, 2.75) is 116 Å². The Morgan fingerprint density at radius 2 is 1.57 bits per heavy atom. The van der Waals surface area contributed by atoms with Gasteiger partial charge in [0.05, 0.1) is 36.3 Å². The van der Waals surface area contributed by atoms with E-state index < -0.39 is 46.0 Å². The summed E-state index contributed by atoms with van der Waals surface area (Å²) in [4.78, 5) is 52.7. The minimum absolute atomic E-state index is 0.0407. The number of aliphatic carboxylic acids is 2. The van der Waals surface area contributed by atoms with Crippen LogP contribution in [0.15, 0.2) is 105 Å². The Kier molecular flexibility index (Phi) is 13.6. The van der Waals surface area contributed by atoms with Crippen molar-refractivity contribution < 1.29 is 62.9 Å². The summed E-state index contributed by atoms with van der Waals surface area (Å²) in [6, 6.07) is 10.1. The number of benzene rings is 3. The van der Waals surface area contributed by atoms with Gasteiger partial charge in [-0.05, 0) is 129 Å². The second-order valence-electron chi connectivity index (χ2n) is 19.2. The minimum atomic E-state index is -2.16. The number of allylic oxidation sites excluding steroid dienone is 5. The molecule has 4 N–H and O–H groups in total. The van der Waals surface area contributed by atoms with Crippen LogP contribution in [0.5, 0.6) is 34.5 Å². The fourth-order valence-electron chi connectivity index (χ4n) is 9.99. The summed E-state index contributed by atoms with van der Waals surface area (Å²) in [5, 5.41) is 42.5. The average molecular weight is 945 g/mol. The number of methoxy groups -OCH3 is 2. The number of phenolic OH excluding ortho intramolecular Hbond substituents is 2. The molecule has 14 nitrogen and oxygen atoms in total. The predicted octanol–water partition coefficient (Wildman–Crippen LogP) is 10.7. The van der Waals surface area contributed by atoms with Gasteiger partial charge in [-0.1, -0.05) is 47.6 Å². The molecule has 0 amide bonds. The standard InChI is InChI=1S/C38H46O9.C17H14O5/c1-21(2)11-10-18-36(8)19-17-24-29(39)28-30(40)26-12-9-13-27-35(6,7)47-37(34(43)44,20-16-23(5)33(41)42)38(26,27)46-32(28)25(31(24)45-36)15-14-22(3)4;1-20-11-5-3-10(4-6-11)13-9-22-16-12(15(13)19)7-8-14(18)17(16)21-2/h11-12,14,16-17,19,27,39H,9-10,13,15,18,20H2,1-8H3,(H,41,42)(H,43,44);3-9,18H,1-2H3. The third-order valence-electron chi connectivity index (χ3n) is 13.5. The first-order chi connectivity index (χ1) is 32.6. The molecule has 0 bridgehead atoms. The van der Waals surface area contributed by atoms with Gasteiger partial charge in [-0.3, -0.25) is 9.59 Å². The van der Waals surface area contributed by atoms with Crippen molar-refractivity contribution in [1.29, 1.82) is 0 Å². The summed E-state index contributed by atoms with van der Waals surface area (Å²) in [6.07, 6.45) is 14.5. The van der Waals surface area contributed by atoms with Gasteiger partial charge in [-0.15, -0.1) is 0 Å². The van der Waals surface area contributed by atoms with E-state index in [1.807, 2.05) is 46.8 Å². The topological polar surface area (TPSA) is 208 Å². The van der Waals surface area contributed by atoms with Crippen LogP contribution in [0.3, 0.4) is 0 Å². The van der Waals surface area contributed by atoms with Crippen molar-refractivity contribution in [3.05, 3.63) is 122 Å². The molecule has 0 saturated carbocycles. The second-order valence-corrected chi connectivity index (χ2v) is 19.2. The molecule has 0 radical (unpaired) electrons. The summed E-state index contributed by atoms with van der Waals surface area (Å²) in [5.74, 6) is -2.75. The number of phenols is 2. The number of carboxylic acids is 2. The van der Waals surface area contributed by atoms with E-state index in [2.05, 4.69) is 6.08 Å². The predicted molar refractivity (Wildman–Crippen MR) is 261 cm³/mol. The highest BCUT2D eigenvalue weighted by atomic mass is 16.6. The first kappa shape index (κ1) is 49.8. The normalized spacial score (nSPS) is 22.8. The molecule has 1 aliphatic carbocycles. The first-order valence-corrected chi connectivity index (χ1v) is 22.9. The molecule has 4 heterocycles. The number of fused-ring (bicyclic) bond motifs is 3. The number of ether oxygens (including phenoxy) is 5. The molecule has 1 saturated heterocycles. The SMILES string of the molecule is CC(C)=CCCC1(C)C=Cc2c(O)c3c(c(CC=C(C)C)c2O1)OC12C(=CCCC1C(C)(C)OC2(CC=C(C)C(=O)O)C(=O)O)C3=O.COc1ccc(-c2coc3c(OC)c(O)ccc3c2=O)cc1. The Morgan fingerprint density at radius 1 is 0.870 bits per heavy atom.